The predicted octanol–water partition coefficient (Wildman–Crippen LogP) is 2.18. The van der Waals surface area contributed by atoms with Crippen molar-refractivity contribution < 1.29 is 0 Å². The Morgan fingerprint density at radius 1 is 1.56 bits per heavy atom. The number of likely N-dealkylation sites (tertiary alicyclic amines) is 1. The number of rotatable bonds is 6. The lowest BCUT2D eigenvalue weighted by Crippen LogP contribution is -2.35. The topological polar surface area (TPSA) is 28.2 Å². The fourth-order valence-corrected chi connectivity index (χ4v) is 3.61. The van der Waals surface area contributed by atoms with Gasteiger partial charge in [0.05, 0.1) is 10.7 Å². The Morgan fingerprint density at radius 3 is 3.22 bits per heavy atom. The lowest BCUT2D eigenvalue weighted by Gasteiger charge is -2.31. The van der Waals surface area contributed by atoms with Gasteiger partial charge in [0.2, 0.25) is 0 Å². The van der Waals surface area contributed by atoms with Crippen molar-refractivity contribution in [3.05, 3.63) is 16.1 Å². The van der Waals surface area contributed by atoms with Crippen LogP contribution in [0.5, 0.6) is 0 Å². The SMILES string of the molecule is CCN1CCCC(Cc2nc(CCNC)cs2)C1. The summed E-state index contributed by atoms with van der Waals surface area (Å²) in [6.07, 6.45) is 4.97. The van der Waals surface area contributed by atoms with Gasteiger partial charge in [-0.15, -0.1) is 11.3 Å². The molecule has 0 amide bonds. The first-order chi connectivity index (χ1) is 8.81. The first kappa shape index (κ1) is 14.0. The van der Waals surface area contributed by atoms with Crippen molar-refractivity contribution in [3.8, 4) is 0 Å². The summed E-state index contributed by atoms with van der Waals surface area (Å²) in [4.78, 5) is 7.33. The fraction of sp³-hybridized carbons (Fsp3) is 0.786. The van der Waals surface area contributed by atoms with E-state index in [-0.39, 0.29) is 0 Å². The standard InChI is InChI=1S/C14H25N3S/c1-3-17-8-4-5-12(10-17)9-14-16-13(11-18-14)6-7-15-2/h11-12,15H,3-10H2,1-2H3. The highest BCUT2D eigenvalue weighted by molar-refractivity contribution is 7.09. The third kappa shape index (κ3) is 4.04. The zero-order chi connectivity index (χ0) is 12.8. The minimum absolute atomic E-state index is 0.821. The molecule has 3 nitrogen and oxygen atoms in total. The van der Waals surface area contributed by atoms with Gasteiger partial charge in [-0.2, -0.15) is 0 Å². The van der Waals surface area contributed by atoms with Crippen molar-refractivity contribution in [2.45, 2.75) is 32.6 Å². The second-order valence-corrected chi connectivity index (χ2v) is 6.13. The quantitative estimate of drug-likeness (QED) is 0.856. The van der Waals surface area contributed by atoms with Crippen LogP contribution in [0.2, 0.25) is 0 Å². The molecular formula is C14H25N3S. The molecule has 18 heavy (non-hydrogen) atoms. The summed E-state index contributed by atoms with van der Waals surface area (Å²) in [6, 6.07) is 0. The van der Waals surface area contributed by atoms with Gasteiger partial charge in [-0.1, -0.05) is 6.92 Å². The summed E-state index contributed by atoms with van der Waals surface area (Å²) >= 11 is 1.85. The molecule has 1 aliphatic heterocycles. The van der Waals surface area contributed by atoms with Gasteiger partial charge in [-0.25, -0.2) is 4.98 Å². The molecule has 0 aromatic carbocycles. The smallest absolute Gasteiger partial charge is 0.0931 e. The van der Waals surface area contributed by atoms with Crippen molar-refractivity contribution in [1.29, 1.82) is 0 Å². The van der Waals surface area contributed by atoms with E-state index in [0.29, 0.717) is 0 Å². The fourth-order valence-electron chi connectivity index (χ4n) is 2.66. The van der Waals surface area contributed by atoms with E-state index in [4.69, 9.17) is 4.98 Å². The number of piperidine rings is 1. The summed E-state index contributed by atoms with van der Waals surface area (Å²) in [5.41, 5.74) is 1.26. The predicted molar refractivity (Wildman–Crippen MR) is 78.3 cm³/mol. The van der Waals surface area contributed by atoms with E-state index in [9.17, 15) is 0 Å². The molecule has 1 fully saturated rings. The number of hydrogen-bond donors (Lipinski definition) is 1. The molecule has 0 saturated carbocycles. The van der Waals surface area contributed by atoms with Crippen molar-refractivity contribution in [3.63, 3.8) is 0 Å². The van der Waals surface area contributed by atoms with Gasteiger partial charge < -0.3 is 10.2 Å². The van der Waals surface area contributed by atoms with E-state index in [1.54, 1.807) is 0 Å². The van der Waals surface area contributed by atoms with E-state index in [2.05, 4.69) is 22.5 Å². The Labute approximate surface area is 115 Å². The maximum absolute atomic E-state index is 4.75. The molecule has 1 aromatic heterocycles. The van der Waals surface area contributed by atoms with Crippen LogP contribution >= 0.6 is 11.3 Å². The van der Waals surface area contributed by atoms with Crippen LogP contribution in [0.3, 0.4) is 0 Å². The largest absolute Gasteiger partial charge is 0.319 e. The van der Waals surface area contributed by atoms with E-state index < -0.39 is 0 Å². The molecule has 1 N–H and O–H groups in total. The summed E-state index contributed by atoms with van der Waals surface area (Å²) in [5.74, 6) is 0.821. The molecule has 4 heteroatoms. The van der Waals surface area contributed by atoms with Gasteiger partial charge in [-0.3, -0.25) is 0 Å². The maximum atomic E-state index is 4.75. The molecule has 102 valence electrons. The molecule has 1 atom stereocenters. The highest BCUT2D eigenvalue weighted by Gasteiger charge is 2.20. The summed E-state index contributed by atoms with van der Waals surface area (Å²) < 4.78 is 0. The van der Waals surface area contributed by atoms with Crippen molar-refractivity contribution >= 4 is 11.3 Å². The number of hydrogen-bond acceptors (Lipinski definition) is 4. The third-order valence-electron chi connectivity index (χ3n) is 3.74. The number of nitrogens with zero attached hydrogens (tertiary/aromatic N) is 2. The Morgan fingerprint density at radius 2 is 2.44 bits per heavy atom. The van der Waals surface area contributed by atoms with E-state index in [1.807, 2.05) is 18.4 Å². The molecule has 0 aliphatic carbocycles. The highest BCUT2D eigenvalue weighted by Crippen LogP contribution is 2.22. The third-order valence-corrected chi connectivity index (χ3v) is 4.66. The normalized spacial score (nSPS) is 21.3. The summed E-state index contributed by atoms with van der Waals surface area (Å²) in [7, 11) is 1.99. The van der Waals surface area contributed by atoms with Gasteiger partial charge in [0.1, 0.15) is 0 Å². The molecule has 0 bridgehead atoms. The molecule has 1 saturated heterocycles. The van der Waals surface area contributed by atoms with Gasteiger partial charge >= 0.3 is 0 Å². The van der Waals surface area contributed by atoms with Crippen LogP contribution in [-0.4, -0.2) is 43.1 Å². The first-order valence-electron chi connectivity index (χ1n) is 7.12. The molecule has 2 heterocycles. The molecule has 1 unspecified atom stereocenters. The van der Waals surface area contributed by atoms with Crippen LogP contribution < -0.4 is 5.32 Å². The molecule has 1 aliphatic rings. The first-order valence-corrected chi connectivity index (χ1v) is 8.00. The Bertz CT molecular complexity index is 351. The summed E-state index contributed by atoms with van der Waals surface area (Å²) in [5, 5.41) is 6.74. The Balaban J connectivity index is 1.83. The maximum Gasteiger partial charge on any atom is 0.0931 e. The Hall–Kier alpha value is -0.450. The minimum atomic E-state index is 0.821. The van der Waals surface area contributed by atoms with Crippen molar-refractivity contribution in [1.82, 2.24) is 15.2 Å². The zero-order valence-corrected chi connectivity index (χ0v) is 12.4. The van der Waals surface area contributed by atoms with Crippen LogP contribution in [-0.2, 0) is 12.8 Å². The number of likely N-dealkylation sites (N-methyl/N-ethyl adjacent to an activating group) is 1. The van der Waals surface area contributed by atoms with E-state index >= 15 is 0 Å². The van der Waals surface area contributed by atoms with Crippen LogP contribution in [0.1, 0.15) is 30.5 Å². The Kier molecular flexibility index (Phi) is 5.60. The second-order valence-electron chi connectivity index (χ2n) is 5.19. The van der Waals surface area contributed by atoms with E-state index in [1.165, 1.54) is 49.6 Å². The van der Waals surface area contributed by atoms with Gasteiger partial charge in [0, 0.05) is 31.3 Å². The van der Waals surface area contributed by atoms with Crippen LogP contribution in [0.4, 0.5) is 0 Å². The number of aromatic nitrogens is 1. The number of nitrogens with one attached hydrogen (secondary N) is 1. The lowest BCUT2D eigenvalue weighted by molar-refractivity contribution is 0.182. The molecular weight excluding hydrogens is 242 g/mol. The molecule has 1 aromatic rings. The average molecular weight is 267 g/mol. The molecule has 0 spiro atoms. The minimum Gasteiger partial charge on any atom is -0.319 e. The zero-order valence-electron chi connectivity index (χ0n) is 11.6. The van der Waals surface area contributed by atoms with Crippen LogP contribution in [0.15, 0.2) is 5.38 Å². The van der Waals surface area contributed by atoms with Crippen LogP contribution in [0.25, 0.3) is 0 Å². The number of thiazole rings is 1. The van der Waals surface area contributed by atoms with E-state index in [0.717, 1.165) is 18.9 Å². The highest BCUT2D eigenvalue weighted by atomic mass is 32.1. The average Bonchev–Trinajstić information content (AvgIpc) is 2.84. The monoisotopic (exact) mass is 267 g/mol. The molecule has 2 rings (SSSR count). The molecule has 0 radical (unpaired) electrons. The van der Waals surface area contributed by atoms with Gasteiger partial charge in [0.25, 0.3) is 0 Å². The second kappa shape index (κ2) is 7.22. The van der Waals surface area contributed by atoms with Crippen molar-refractivity contribution in [2.24, 2.45) is 5.92 Å². The van der Waals surface area contributed by atoms with Crippen LogP contribution in [0, 0.1) is 5.92 Å². The summed E-state index contributed by atoms with van der Waals surface area (Å²) in [6.45, 7) is 7.04. The lowest BCUT2D eigenvalue weighted by atomic mass is 9.95. The van der Waals surface area contributed by atoms with Gasteiger partial charge in [0.15, 0.2) is 0 Å². The van der Waals surface area contributed by atoms with Gasteiger partial charge in [-0.05, 0) is 38.9 Å². The van der Waals surface area contributed by atoms with Crippen molar-refractivity contribution in [2.75, 3.05) is 33.2 Å².